The average molecular weight is 495 g/mol. The van der Waals surface area contributed by atoms with Gasteiger partial charge >= 0.3 is 0 Å². The molecular formula is C30H27ClN4O. The molecule has 0 saturated heterocycles. The van der Waals surface area contributed by atoms with Crippen LogP contribution in [0.4, 0.5) is 5.69 Å². The third-order valence-electron chi connectivity index (χ3n) is 6.42. The van der Waals surface area contributed by atoms with Crippen molar-refractivity contribution in [3.63, 3.8) is 0 Å². The number of rotatable bonds is 5. The minimum atomic E-state index is -0.241. The lowest BCUT2D eigenvalue weighted by Gasteiger charge is -2.12. The van der Waals surface area contributed by atoms with E-state index in [-0.39, 0.29) is 5.91 Å². The molecule has 3 aromatic carbocycles. The van der Waals surface area contributed by atoms with E-state index in [0.29, 0.717) is 27.9 Å². The van der Waals surface area contributed by atoms with Crippen LogP contribution in [-0.4, -0.2) is 20.7 Å². The lowest BCUT2D eigenvalue weighted by molar-refractivity contribution is 0.102. The molecule has 0 spiro atoms. The number of hydrogen-bond donors (Lipinski definition) is 1. The lowest BCUT2D eigenvalue weighted by atomic mass is 10.0. The minimum absolute atomic E-state index is 0.241. The second kappa shape index (κ2) is 9.59. The Bertz CT molecular complexity index is 1590. The summed E-state index contributed by atoms with van der Waals surface area (Å²) in [6.45, 7) is 8.33. The number of nitrogens with zero attached hydrogens (tertiary/aromatic N) is 3. The number of aryl methyl sites for hydroxylation is 1. The summed E-state index contributed by atoms with van der Waals surface area (Å²) < 4.78 is 1.90. The standard InChI is InChI=1S/C30H27ClN4O/c1-18(2)21-10-12-22(13-11-21)35-20(4)25(17-32-35)29-16-24(23-7-5-6-8-27(23)33-29)30(36)34-28-14-9-19(3)15-26(28)31/h5-18H,1-4H3,(H,34,36). The Morgan fingerprint density at radius 2 is 1.72 bits per heavy atom. The lowest BCUT2D eigenvalue weighted by Crippen LogP contribution is -2.13. The Kier molecular flexibility index (Phi) is 6.33. The van der Waals surface area contributed by atoms with E-state index in [1.807, 2.05) is 67.1 Å². The van der Waals surface area contributed by atoms with Gasteiger partial charge in [0.05, 0.1) is 45.1 Å². The first-order valence-electron chi connectivity index (χ1n) is 11.9. The van der Waals surface area contributed by atoms with Crippen LogP contribution in [0.3, 0.4) is 0 Å². The SMILES string of the molecule is Cc1ccc(NC(=O)c2cc(-c3cnn(-c4ccc(C(C)C)cc4)c3C)nc3ccccc23)c(Cl)c1. The molecular weight excluding hydrogens is 468 g/mol. The van der Waals surface area contributed by atoms with E-state index in [2.05, 4.69) is 48.5 Å². The van der Waals surface area contributed by atoms with Crippen molar-refractivity contribution < 1.29 is 4.79 Å². The number of halogens is 1. The van der Waals surface area contributed by atoms with Crippen LogP contribution in [0.25, 0.3) is 27.8 Å². The molecule has 5 nitrogen and oxygen atoms in total. The predicted molar refractivity (Wildman–Crippen MR) is 147 cm³/mol. The maximum Gasteiger partial charge on any atom is 0.256 e. The number of nitrogens with one attached hydrogen (secondary N) is 1. The molecule has 36 heavy (non-hydrogen) atoms. The molecule has 180 valence electrons. The van der Waals surface area contributed by atoms with Crippen LogP contribution >= 0.6 is 11.6 Å². The number of aromatic nitrogens is 3. The first-order valence-corrected chi connectivity index (χ1v) is 12.3. The van der Waals surface area contributed by atoms with Crippen molar-refractivity contribution in [1.82, 2.24) is 14.8 Å². The number of carbonyl (C=O) groups is 1. The summed E-state index contributed by atoms with van der Waals surface area (Å²) in [7, 11) is 0. The van der Waals surface area contributed by atoms with Crippen LogP contribution in [0.2, 0.25) is 5.02 Å². The van der Waals surface area contributed by atoms with E-state index >= 15 is 0 Å². The highest BCUT2D eigenvalue weighted by Gasteiger charge is 2.18. The van der Waals surface area contributed by atoms with Crippen molar-refractivity contribution >= 4 is 34.1 Å². The molecule has 0 aliphatic rings. The second-order valence-electron chi connectivity index (χ2n) is 9.31. The number of amides is 1. The molecule has 0 saturated carbocycles. The normalized spacial score (nSPS) is 11.3. The molecule has 6 heteroatoms. The van der Waals surface area contributed by atoms with Crippen LogP contribution in [0.5, 0.6) is 0 Å². The molecule has 0 unspecified atom stereocenters. The van der Waals surface area contributed by atoms with Gasteiger partial charge in [-0.05, 0) is 67.3 Å². The highest BCUT2D eigenvalue weighted by Crippen LogP contribution is 2.30. The summed E-state index contributed by atoms with van der Waals surface area (Å²) in [6, 6.07) is 23.5. The molecule has 5 rings (SSSR count). The van der Waals surface area contributed by atoms with Crippen molar-refractivity contribution in [2.45, 2.75) is 33.6 Å². The second-order valence-corrected chi connectivity index (χ2v) is 9.72. The van der Waals surface area contributed by atoms with Gasteiger partial charge in [-0.15, -0.1) is 0 Å². The van der Waals surface area contributed by atoms with E-state index in [1.54, 1.807) is 6.20 Å². The van der Waals surface area contributed by atoms with Crippen molar-refractivity contribution in [2.24, 2.45) is 0 Å². The van der Waals surface area contributed by atoms with E-state index in [0.717, 1.165) is 33.4 Å². The zero-order valence-electron chi connectivity index (χ0n) is 20.7. The van der Waals surface area contributed by atoms with E-state index in [4.69, 9.17) is 16.6 Å². The fraction of sp³-hybridized carbons (Fsp3) is 0.167. The summed E-state index contributed by atoms with van der Waals surface area (Å²) in [5, 5.41) is 8.88. The number of para-hydroxylation sites is 1. The van der Waals surface area contributed by atoms with Crippen LogP contribution < -0.4 is 5.32 Å². The Labute approximate surface area is 215 Å². The van der Waals surface area contributed by atoms with Crippen molar-refractivity contribution in [2.75, 3.05) is 5.32 Å². The van der Waals surface area contributed by atoms with E-state index in [1.165, 1.54) is 5.56 Å². The first kappa shape index (κ1) is 23.8. The Balaban J connectivity index is 1.56. The molecule has 2 aromatic heterocycles. The van der Waals surface area contributed by atoms with Gasteiger partial charge in [0.2, 0.25) is 0 Å². The van der Waals surface area contributed by atoms with Crippen LogP contribution in [0, 0.1) is 13.8 Å². The molecule has 0 bridgehead atoms. The molecule has 0 fully saturated rings. The number of fused-ring (bicyclic) bond motifs is 1. The monoisotopic (exact) mass is 494 g/mol. The number of hydrogen-bond acceptors (Lipinski definition) is 3. The maximum atomic E-state index is 13.4. The summed E-state index contributed by atoms with van der Waals surface area (Å²) in [5.41, 5.74) is 7.64. The molecule has 5 aromatic rings. The Morgan fingerprint density at radius 3 is 2.44 bits per heavy atom. The van der Waals surface area contributed by atoms with Gasteiger partial charge in [0.25, 0.3) is 5.91 Å². The van der Waals surface area contributed by atoms with Crippen molar-refractivity contribution in [3.05, 3.63) is 106 Å². The molecule has 1 N–H and O–H groups in total. The number of carbonyl (C=O) groups excluding carboxylic acids is 1. The highest BCUT2D eigenvalue weighted by atomic mass is 35.5. The molecule has 1 amide bonds. The quantitative estimate of drug-likeness (QED) is 0.272. The van der Waals surface area contributed by atoms with E-state index < -0.39 is 0 Å². The van der Waals surface area contributed by atoms with Crippen LogP contribution in [-0.2, 0) is 0 Å². The molecule has 0 aliphatic heterocycles. The highest BCUT2D eigenvalue weighted by molar-refractivity contribution is 6.34. The largest absolute Gasteiger partial charge is 0.321 e. The molecule has 0 aliphatic carbocycles. The van der Waals surface area contributed by atoms with Gasteiger partial charge in [-0.3, -0.25) is 4.79 Å². The van der Waals surface area contributed by atoms with E-state index in [9.17, 15) is 4.79 Å². The summed E-state index contributed by atoms with van der Waals surface area (Å²) in [6.07, 6.45) is 1.81. The number of pyridine rings is 1. The third-order valence-corrected chi connectivity index (χ3v) is 6.74. The summed E-state index contributed by atoms with van der Waals surface area (Å²) in [5.74, 6) is 0.226. The number of benzene rings is 3. The van der Waals surface area contributed by atoms with Gasteiger partial charge in [-0.1, -0.05) is 61.8 Å². The number of anilines is 1. The van der Waals surface area contributed by atoms with Gasteiger partial charge in [-0.2, -0.15) is 5.10 Å². The predicted octanol–water partition coefficient (Wildman–Crippen LogP) is 7.73. The van der Waals surface area contributed by atoms with Crippen LogP contribution in [0.15, 0.2) is 79.0 Å². The zero-order chi connectivity index (χ0) is 25.4. The summed E-state index contributed by atoms with van der Waals surface area (Å²) in [4.78, 5) is 18.3. The first-order chi connectivity index (χ1) is 17.3. The van der Waals surface area contributed by atoms with Gasteiger partial charge in [0.1, 0.15) is 0 Å². The fourth-order valence-electron chi connectivity index (χ4n) is 4.33. The van der Waals surface area contributed by atoms with Gasteiger partial charge < -0.3 is 5.32 Å². The zero-order valence-corrected chi connectivity index (χ0v) is 21.5. The van der Waals surface area contributed by atoms with Crippen LogP contribution in [0.1, 0.15) is 46.9 Å². The topological polar surface area (TPSA) is 59.8 Å². The Morgan fingerprint density at radius 1 is 0.972 bits per heavy atom. The van der Waals surface area contributed by atoms with Gasteiger partial charge in [-0.25, -0.2) is 9.67 Å². The average Bonchev–Trinajstić information content (AvgIpc) is 3.26. The van der Waals surface area contributed by atoms with Gasteiger partial charge in [0, 0.05) is 10.9 Å². The van der Waals surface area contributed by atoms with Gasteiger partial charge in [0.15, 0.2) is 0 Å². The van der Waals surface area contributed by atoms with Crippen molar-refractivity contribution in [1.29, 1.82) is 0 Å². The molecule has 0 atom stereocenters. The maximum absolute atomic E-state index is 13.4. The third kappa shape index (κ3) is 4.50. The summed E-state index contributed by atoms with van der Waals surface area (Å²) >= 11 is 6.38. The molecule has 0 radical (unpaired) electrons. The Hall–Kier alpha value is -3.96. The molecule has 2 heterocycles. The fourth-order valence-corrected chi connectivity index (χ4v) is 4.62. The smallest absolute Gasteiger partial charge is 0.256 e. The minimum Gasteiger partial charge on any atom is -0.321 e. The van der Waals surface area contributed by atoms with Crippen molar-refractivity contribution in [3.8, 4) is 16.9 Å².